The first-order valence-electron chi connectivity index (χ1n) is 6.80. The molecule has 0 aliphatic carbocycles. The third-order valence-corrected chi connectivity index (χ3v) is 3.95. The summed E-state index contributed by atoms with van der Waals surface area (Å²) in [6.45, 7) is 4.19. The van der Waals surface area contributed by atoms with Crippen LogP contribution in [0.3, 0.4) is 0 Å². The minimum absolute atomic E-state index is 0.175. The average molecular weight is 263 g/mol. The Labute approximate surface area is 113 Å². The Balaban J connectivity index is 2.20. The number of hydrogen-bond donors (Lipinski definition) is 1. The Morgan fingerprint density at radius 3 is 2.95 bits per heavy atom. The van der Waals surface area contributed by atoms with E-state index in [4.69, 9.17) is 0 Å². The fraction of sp³-hybridized carbons (Fsp3) is 0.571. The monoisotopic (exact) mass is 263 g/mol. The van der Waals surface area contributed by atoms with Crippen molar-refractivity contribution >= 4 is 5.69 Å². The van der Waals surface area contributed by atoms with Crippen LogP contribution in [0.1, 0.15) is 31.4 Å². The highest BCUT2D eigenvalue weighted by molar-refractivity contribution is 5.35. The molecule has 0 aromatic heterocycles. The first-order chi connectivity index (χ1) is 9.13. The van der Waals surface area contributed by atoms with Crippen molar-refractivity contribution in [1.82, 2.24) is 10.2 Å². The van der Waals surface area contributed by atoms with Crippen molar-refractivity contribution in [1.29, 1.82) is 0 Å². The molecular weight excluding hydrogens is 242 g/mol. The van der Waals surface area contributed by atoms with Gasteiger partial charge in [-0.1, -0.05) is 19.1 Å². The third kappa shape index (κ3) is 3.11. The van der Waals surface area contributed by atoms with Crippen molar-refractivity contribution < 1.29 is 4.92 Å². The van der Waals surface area contributed by atoms with Crippen molar-refractivity contribution in [2.75, 3.05) is 20.1 Å². The molecule has 1 fully saturated rings. The molecule has 0 bridgehead atoms. The van der Waals surface area contributed by atoms with Crippen LogP contribution in [0.4, 0.5) is 5.69 Å². The van der Waals surface area contributed by atoms with Gasteiger partial charge in [0.2, 0.25) is 0 Å². The lowest BCUT2D eigenvalue weighted by Crippen LogP contribution is -2.36. The number of nitro benzene ring substituents is 1. The quantitative estimate of drug-likeness (QED) is 0.654. The summed E-state index contributed by atoms with van der Waals surface area (Å²) in [5.74, 6) is 0. The van der Waals surface area contributed by atoms with Crippen molar-refractivity contribution in [2.24, 2.45) is 0 Å². The molecule has 1 saturated heterocycles. The summed E-state index contributed by atoms with van der Waals surface area (Å²) in [4.78, 5) is 12.9. The summed E-state index contributed by atoms with van der Waals surface area (Å²) >= 11 is 0. The Bertz CT molecular complexity index is 444. The topological polar surface area (TPSA) is 58.4 Å². The highest BCUT2D eigenvalue weighted by atomic mass is 16.6. The minimum Gasteiger partial charge on any atom is -0.315 e. The number of benzene rings is 1. The molecule has 19 heavy (non-hydrogen) atoms. The first-order valence-corrected chi connectivity index (χ1v) is 6.80. The third-order valence-electron chi connectivity index (χ3n) is 3.95. The summed E-state index contributed by atoms with van der Waals surface area (Å²) in [7, 11) is 2.12. The summed E-state index contributed by atoms with van der Waals surface area (Å²) in [6, 6.07) is 7.77. The Morgan fingerprint density at radius 2 is 2.37 bits per heavy atom. The van der Waals surface area contributed by atoms with Crippen LogP contribution in [-0.4, -0.2) is 36.0 Å². The van der Waals surface area contributed by atoms with E-state index in [2.05, 4.69) is 24.2 Å². The molecule has 1 heterocycles. The van der Waals surface area contributed by atoms with Gasteiger partial charge in [-0.25, -0.2) is 0 Å². The second-order valence-corrected chi connectivity index (χ2v) is 5.09. The van der Waals surface area contributed by atoms with Gasteiger partial charge in [-0.05, 0) is 32.0 Å². The molecule has 1 aliphatic heterocycles. The van der Waals surface area contributed by atoms with E-state index >= 15 is 0 Å². The van der Waals surface area contributed by atoms with Crippen LogP contribution in [0.5, 0.6) is 0 Å². The fourth-order valence-electron chi connectivity index (χ4n) is 2.85. The van der Waals surface area contributed by atoms with Crippen LogP contribution in [-0.2, 0) is 0 Å². The number of nitro groups is 1. The average Bonchev–Trinajstić information content (AvgIpc) is 2.93. The second kappa shape index (κ2) is 6.12. The molecule has 1 aromatic rings. The maximum Gasteiger partial charge on any atom is 0.269 e. The summed E-state index contributed by atoms with van der Waals surface area (Å²) in [6.07, 6.45) is 2.09. The SMILES string of the molecule is CCC(c1cccc([N+](=O)[O-])c1)N(C)C1CCNC1. The van der Waals surface area contributed by atoms with Gasteiger partial charge >= 0.3 is 0 Å². The zero-order chi connectivity index (χ0) is 13.8. The van der Waals surface area contributed by atoms with E-state index in [9.17, 15) is 10.1 Å². The van der Waals surface area contributed by atoms with Crippen LogP contribution in [0, 0.1) is 10.1 Å². The molecule has 0 radical (unpaired) electrons. The van der Waals surface area contributed by atoms with Crippen molar-refractivity contribution in [3.63, 3.8) is 0 Å². The molecule has 2 atom stereocenters. The van der Waals surface area contributed by atoms with E-state index in [1.807, 2.05) is 6.07 Å². The standard InChI is InChI=1S/C14H21N3O2/c1-3-14(16(2)13-7-8-15-10-13)11-5-4-6-12(9-11)17(18)19/h4-6,9,13-15H,3,7-8,10H2,1-2H3. The van der Waals surface area contributed by atoms with Crippen molar-refractivity contribution in [3.05, 3.63) is 39.9 Å². The highest BCUT2D eigenvalue weighted by Gasteiger charge is 2.26. The van der Waals surface area contributed by atoms with Crippen molar-refractivity contribution in [3.8, 4) is 0 Å². The highest BCUT2D eigenvalue weighted by Crippen LogP contribution is 2.28. The second-order valence-electron chi connectivity index (χ2n) is 5.09. The summed E-state index contributed by atoms with van der Waals surface area (Å²) < 4.78 is 0. The Morgan fingerprint density at radius 1 is 1.58 bits per heavy atom. The van der Waals surface area contributed by atoms with Crippen LogP contribution >= 0.6 is 0 Å². The zero-order valence-corrected chi connectivity index (χ0v) is 11.5. The minimum atomic E-state index is -0.326. The maximum atomic E-state index is 10.9. The van der Waals surface area contributed by atoms with Gasteiger partial charge in [0.05, 0.1) is 4.92 Å². The zero-order valence-electron chi connectivity index (χ0n) is 11.5. The van der Waals surface area contributed by atoms with Gasteiger partial charge in [0.25, 0.3) is 5.69 Å². The Kier molecular flexibility index (Phi) is 4.50. The molecule has 0 saturated carbocycles. The van der Waals surface area contributed by atoms with Gasteiger partial charge in [0.15, 0.2) is 0 Å². The lowest BCUT2D eigenvalue weighted by atomic mass is 10.0. The molecule has 1 aliphatic rings. The molecule has 0 spiro atoms. The van der Waals surface area contributed by atoms with E-state index in [0.29, 0.717) is 6.04 Å². The van der Waals surface area contributed by atoms with Gasteiger partial charge in [0.1, 0.15) is 0 Å². The number of rotatable bonds is 5. The van der Waals surface area contributed by atoms with Gasteiger partial charge in [-0.3, -0.25) is 15.0 Å². The Hall–Kier alpha value is -1.46. The molecule has 5 nitrogen and oxygen atoms in total. The summed E-state index contributed by atoms with van der Waals surface area (Å²) in [5, 5.41) is 14.2. The van der Waals surface area contributed by atoms with Crippen LogP contribution in [0.25, 0.3) is 0 Å². The molecule has 104 valence electrons. The van der Waals surface area contributed by atoms with Gasteiger partial charge in [-0.15, -0.1) is 0 Å². The maximum absolute atomic E-state index is 10.9. The number of nitrogens with zero attached hydrogens (tertiary/aromatic N) is 2. The summed E-state index contributed by atoms with van der Waals surface area (Å²) in [5.41, 5.74) is 1.21. The predicted octanol–water partition coefficient (Wildman–Crippen LogP) is 2.34. The van der Waals surface area contributed by atoms with Crippen LogP contribution in [0.15, 0.2) is 24.3 Å². The lowest BCUT2D eigenvalue weighted by molar-refractivity contribution is -0.385. The number of hydrogen-bond acceptors (Lipinski definition) is 4. The smallest absolute Gasteiger partial charge is 0.269 e. The van der Waals surface area contributed by atoms with E-state index in [1.165, 1.54) is 0 Å². The molecule has 5 heteroatoms. The predicted molar refractivity (Wildman–Crippen MR) is 75.2 cm³/mol. The fourth-order valence-corrected chi connectivity index (χ4v) is 2.85. The first kappa shape index (κ1) is 14.0. The number of non-ortho nitro benzene ring substituents is 1. The molecular formula is C14H21N3O2. The molecule has 0 amide bonds. The molecule has 2 rings (SSSR count). The number of nitrogens with one attached hydrogen (secondary N) is 1. The van der Waals surface area contributed by atoms with E-state index in [0.717, 1.165) is 31.5 Å². The van der Waals surface area contributed by atoms with E-state index in [1.54, 1.807) is 18.2 Å². The van der Waals surface area contributed by atoms with E-state index in [-0.39, 0.29) is 16.7 Å². The van der Waals surface area contributed by atoms with Gasteiger partial charge in [-0.2, -0.15) is 0 Å². The normalized spacial score (nSPS) is 20.7. The van der Waals surface area contributed by atoms with Crippen LogP contribution < -0.4 is 5.32 Å². The lowest BCUT2D eigenvalue weighted by Gasteiger charge is -2.32. The van der Waals surface area contributed by atoms with E-state index < -0.39 is 0 Å². The largest absolute Gasteiger partial charge is 0.315 e. The van der Waals surface area contributed by atoms with Crippen LogP contribution in [0.2, 0.25) is 0 Å². The molecule has 2 unspecified atom stereocenters. The molecule has 1 aromatic carbocycles. The van der Waals surface area contributed by atoms with Gasteiger partial charge < -0.3 is 5.32 Å². The molecule has 1 N–H and O–H groups in total. The van der Waals surface area contributed by atoms with Gasteiger partial charge in [0, 0.05) is 30.8 Å². The number of likely N-dealkylation sites (N-methyl/N-ethyl adjacent to an activating group) is 1. The van der Waals surface area contributed by atoms with Crippen molar-refractivity contribution in [2.45, 2.75) is 31.8 Å².